The van der Waals surface area contributed by atoms with Crippen LogP contribution < -0.4 is 15.4 Å². The first-order valence-corrected chi connectivity index (χ1v) is 11.3. The highest BCUT2D eigenvalue weighted by Crippen LogP contribution is 2.24. The SMILES string of the molecule is CCCCOc1cccc(C(=O)NC(=S)Nc2cc(C(=O)N3CCOCC3)ccc2Cl)c1. The molecule has 0 saturated carbocycles. The summed E-state index contributed by atoms with van der Waals surface area (Å²) in [4.78, 5) is 27.0. The molecule has 1 aliphatic heterocycles. The largest absolute Gasteiger partial charge is 0.494 e. The maximum atomic E-state index is 12.7. The van der Waals surface area contributed by atoms with Gasteiger partial charge in [0.1, 0.15) is 5.75 Å². The van der Waals surface area contributed by atoms with E-state index in [-0.39, 0.29) is 16.9 Å². The van der Waals surface area contributed by atoms with Gasteiger partial charge in [0.25, 0.3) is 11.8 Å². The number of thiocarbonyl (C=S) groups is 1. The fourth-order valence-corrected chi connectivity index (χ4v) is 3.46. The number of carbonyl (C=O) groups is 2. The summed E-state index contributed by atoms with van der Waals surface area (Å²) in [7, 11) is 0. The number of benzene rings is 2. The maximum Gasteiger partial charge on any atom is 0.257 e. The summed E-state index contributed by atoms with van der Waals surface area (Å²) in [6, 6.07) is 11.8. The number of morpholine rings is 1. The molecule has 1 aliphatic rings. The van der Waals surface area contributed by atoms with E-state index in [0.29, 0.717) is 60.5 Å². The van der Waals surface area contributed by atoms with Crippen LogP contribution in [0.5, 0.6) is 5.75 Å². The molecule has 1 saturated heterocycles. The molecule has 0 atom stereocenters. The normalized spacial score (nSPS) is 13.4. The van der Waals surface area contributed by atoms with Crippen molar-refractivity contribution >= 4 is 46.4 Å². The minimum atomic E-state index is -0.375. The van der Waals surface area contributed by atoms with Crippen molar-refractivity contribution in [2.75, 3.05) is 38.2 Å². The van der Waals surface area contributed by atoms with Gasteiger partial charge in [-0.15, -0.1) is 0 Å². The highest BCUT2D eigenvalue weighted by molar-refractivity contribution is 7.80. The minimum absolute atomic E-state index is 0.0742. The fourth-order valence-electron chi connectivity index (χ4n) is 3.09. The third-order valence-electron chi connectivity index (χ3n) is 4.85. The Kier molecular flexibility index (Phi) is 8.84. The van der Waals surface area contributed by atoms with E-state index >= 15 is 0 Å². The summed E-state index contributed by atoms with van der Waals surface area (Å²) < 4.78 is 10.9. The second kappa shape index (κ2) is 11.8. The number of hydrogen-bond donors (Lipinski definition) is 2. The molecule has 170 valence electrons. The van der Waals surface area contributed by atoms with Crippen LogP contribution in [-0.2, 0) is 4.74 Å². The van der Waals surface area contributed by atoms with E-state index in [9.17, 15) is 9.59 Å². The molecule has 0 spiro atoms. The number of nitrogens with one attached hydrogen (secondary N) is 2. The molecule has 0 bridgehead atoms. The van der Waals surface area contributed by atoms with Gasteiger partial charge in [-0.3, -0.25) is 14.9 Å². The van der Waals surface area contributed by atoms with Crippen molar-refractivity contribution in [2.24, 2.45) is 0 Å². The molecule has 0 aliphatic carbocycles. The van der Waals surface area contributed by atoms with Crippen LogP contribution in [0.15, 0.2) is 42.5 Å². The quantitative estimate of drug-likeness (QED) is 0.463. The third kappa shape index (κ3) is 6.66. The molecule has 2 aromatic carbocycles. The average molecular weight is 476 g/mol. The highest BCUT2D eigenvalue weighted by atomic mass is 35.5. The number of ether oxygens (including phenoxy) is 2. The van der Waals surface area contributed by atoms with Gasteiger partial charge in [-0.25, -0.2) is 0 Å². The second-order valence-corrected chi connectivity index (χ2v) is 8.05. The molecule has 0 aromatic heterocycles. The Bertz CT molecular complexity index is 979. The van der Waals surface area contributed by atoms with E-state index in [4.69, 9.17) is 33.3 Å². The molecule has 0 radical (unpaired) electrons. The van der Waals surface area contributed by atoms with Crippen LogP contribution in [0, 0.1) is 0 Å². The van der Waals surface area contributed by atoms with E-state index in [0.717, 1.165) is 12.8 Å². The van der Waals surface area contributed by atoms with E-state index < -0.39 is 0 Å². The van der Waals surface area contributed by atoms with Gasteiger partial charge in [0.15, 0.2) is 5.11 Å². The average Bonchev–Trinajstić information content (AvgIpc) is 2.81. The zero-order valence-corrected chi connectivity index (χ0v) is 19.4. The van der Waals surface area contributed by atoms with Crippen LogP contribution in [0.3, 0.4) is 0 Å². The van der Waals surface area contributed by atoms with Crippen molar-refractivity contribution in [1.29, 1.82) is 0 Å². The predicted molar refractivity (Wildman–Crippen MR) is 129 cm³/mol. The van der Waals surface area contributed by atoms with E-state index in [1.54, 1.807) is 47.4 Å². The Labute approximate surface area is 198 Å². The van der Waals surface area contributed by atoms with Crippen LogP contribution in [0.2, 0.25) is 5.02 Å². The highest BCUT2D eigenvalue weighted by Gasteiger charge is 2.19. The summed E-state index contributed by atoms with van der Waals surface area (Å²) >= 11 is 11.5. The third-order valence-corrected chi connectivity index (χ3v) is 5.38. The van der Waals surface area contributed by atoms with Crippen LogP contribution in [0.4, 0.5) is 5.69 Å². The van der Waals surface area contributed by atoms with Gasteiger partial charge in [0.2, 0.25) is 0 Å². The molecule has 1 heterocycles. The van der Waals surface area contributed by atoms with Crippen molar-refractivity contribution in [3.8, 4) is 5.75 Å². The van der Waals surface area contributed by atoms with Crippen LogP contribution in [0.1, 0.15) is 40.5 Å². The van der Waals surface area contributed by atoms with Gasteiger partial charge >= 0.3 is 0 Å². The molecular formula is C23H26ClN3O4S. The Morgan fingerprint density at radius 1 is 1.16 bits per heavy atom. The van der Waals surface area contributed by atoms with Crippen molar-refractivity contribution in [3.05, 3.63) is 58.6 Å². The van der Waals surface area contributed by atoms with E-state index in [2.05, 4.69) is 17.6 Å². The monoisotopic (exact) mass is 475 g/mol. The van der Waals surface area contributed by atoms with Crippen LogP contribution in [-0.4, -0.2) is 54.7 Å². The van der Waals surface area contributed by atoms with Crippen LogP contribution in [0.25, 0.3) is 0 Å². The minimum Gasteiger partial charge on any atom is -0.494 e. The summed E-state index contributed by atoms with van der Waals surface area (Å²) in [6.45, 7) is 4.80. The van der Waals surface area contributed by atoms with Crippen molar-refractivity contribution < 1.29 is 19.1 Å². The molecule has 3 rings (SSSR count). The van der Waals surface area contributed by atoms with Gasteiger partial charge in [0, 0.05) is 24.2 Å². The number of amides is 2. The van der Waals surface area contributed by atoms with Gasteiger partial charge in [-0.1, -0.05) is 31.0 Å². The molecule has 32 heavy (non-hydrogen) atoms. The lowest BCUT2D eigenvalue weighted by Gasteiger charge is -2.27. The zero-order valence-electron chi connectivity index (χ0n) is 17.9. The standard InChI is InChI=1S/C23H26ClN3O4S/c1-2-3-11-31-18-6-4-5-16(14-18)21(28)26-23(32)25-20-15-17(7-8-19(20)24)22(29)27-9-12-30-13-10-27/h4-8,14-15H,2-3,9-13H2,1H3,(H2,25,26,28,32). The van der Waals surface area contributed by atoms with Crippen molar-refractivity contribution in [2.45, 2.75) is 19.8 Å². The first-order chi connectivity index (χ1) is 15.5. The smallest absolute Gasteiger partial charge is 0.257 e. The second-order valence-electron chi connectivity index (χ2n) is 7.24. The Balaban J connectivity index is 1.62. The molecular weight excluding hydrogens is 450 g/mol. The van der Waals surface area contributed by atoms with Crippen molar-refractivity contribution in [1.82, 2.24) is 10.2 Å². The number of hydrogen-bond acceptors (Lipinski definition) is 5. The van der Waals surface area contributed by atoms with E-state index in [1.165, 1.54) is 0 Å². The molecule has 9 heteroatoms. The first-order valence-electron chi connectivity index (χ1n) is 10.5. The van der Waals surface area contributed by atoms with Gasteiger partial charge in [-0.05, 0) is 55.0 Å². The molecule has 2 amide bonds. The maximum absolute atomic E-state index is 12.7. The number of halogens is 1. The number of anilines is 1. The number of nitrogens with zero attached hydrogens (tertiary/aromatic N) is 1. The van der Waals surface area contributed by atoms with Crippen LogP contribution >= 0.6 is 23.8 Å². The summed E-state index contributed by atoms with van der Waals surface area (Å²) in [6.07, 6.45) is 1.97. The summed E-state index contributed by atoms with van der Waals surface area (Å²) in [5.74, 6) is 0.144. The predicted octanol–water partition coefficient (Wildman–Crippen LogP) is 4.12. The number of unbranched alkanes of at least 4 members (excludes halogenated alkanes) is 1. The first kappa shape index (κ1) is 24.0. The lowest BCUT2D eigenvalue weighted by Crippen LogP contribution is -2.40. The van der Waals surface area contributed by atoms with E-state index in [1.807, 2.05) is 0 Å². The molecule has 7 nitrogen and oxygen atoms in total. The van der Waals surface area contributed by atoms with Gasteiger partial charge in [0.05, 0.1) is 30.5 Å². The molecule has 2 aromatic rings. The summed E-state index contributed by atoms with van der Waals surface area (Å²) in [5, 5.41) is 6.00. The summed E-state index contributed by atoms with van der Waals surface area (Å²) in [5.41, 5.74) is 1.34. The topological polar surface area (TPSA) is 79.9 Å². The lowest BCUT2D eigenvalue weighted by molar-refractivity contribution is 0.0303. The van der Waals surface area contributed by atoms with Gasteiger partial charge in [-0.2, -0.15) is 0 Å². The molecule has 1 fully saturated rings. The fraction of sp³-hybridized carbons (Fsp3) is 0.348. The lowest BCUT2D eigenvalue weighted by atomic mass is 10.1. The Morgan fingerprint density at radius 2 is 1.94 bits per heavy atom. The Hall–Kier alpha value is -2.68. The van der Waals surface area contributed by atoms with Gasteiger partial charge < -0.3 is 19.7 Å². The molecule has 0 unspecified atom stereocenters. The number of carbonyl (C=O) groups excluding carboxylic acids is 2. The Morgan fingerprint density at radius 3 is 2.69 bits per heavy atom. The molecule has 2 N–H and O–H groups in total. The number of rotatable bonds is 7. The van der Waals surface area contributed by atoms with Crippen molar-refractivity contribution in [3.63, 3.8) is 0 Å². The zero-order chi connectivity index (χ0) is 22.9.